The third-order valence-corrected chi connectivity index (χ3v) is 11.5. The van der Waals surface area contributed by atoms with Gasteiger partial charge in [0.2, 0.25) is 0 Å². The number of aryl methyl sites for hydroxylation is 1. The second-order valence-electron chi connectivity index (χ2n) is 16.2. The Morgan fingerprint density at radius 2 is 1.04 bits per heavy atom. The van der Waals surface area contributed by atoms with Crippen molar-refractivity contribution < 1.29 is 4.74 Å². The van der Waals surface area contributed by atoms with Crippen molar-refractivity contribution in [1.82, 2.24) is 0 Å². The lowest BCUT2D eigenvalue weighted by atomic mass is 9.32. The average molecular weight is 735 g/mol. The van der Waals surface area contributed by atoms with E-state index in [4.69, 9.17) is 4.74 Å². The van der Waals surface area contributed by atoms with Gasteiger partial charge in [0.05, 0.1) is 5.69 Å². The second-order valence-corrected chi connectivity index (χ2v) is 16.2. The van der Waals surface area contributed by atoms with Crippen LogP contribution in [0.2, 0.25) is 0 Å². The Hall–Kier alpha value is -6.78. The Bertz CT molecular complexity index is 2720. The molecule has 10 rings (SSSR count). The fourth-order valence-corrected chi connectivity index (χ4v) is 8.89. The van der Waals surface area contributed by atoms with Crippen LogP contribution in [-0.2, 0) is 5.41 Å². The maximum Gasteiger partial charge on any atom is 0.258 e. The number of anilines is 6. The summed E-state index contributed by atoms with van der Waals surface area (Å²) >= 11 is 0. The topological polar surface area (TPSA) is 15.7 Å². The van der Waals surface area contributed by atoms with E-state index < -0.39 is 0 Å². The molecule has 0 aromatic heterocycles. The molecule has 2 aliphatic rings. The summed E-state index contributed by atoms with van der Waals surface area (Å²) in [7, 11) is 0. The van der Waals surface area contributed by atoms with Crippen LogP contribution in [0.1, 0.15) is 31.9 Å². The normalized spacial score (nSPS) is 12.6. The van der Waals surface area contributed by atoms with Gasteiger partial charge in [0, 0.05) is 34.5 Å². The first-order valence-electron chi connectivity index (χ1n) is 19.9. The maximum absolute atomic E-state index is 7.24. The number of fused-ring (bicyclic) bond motifs is 4. The average Bonchev–Trinajstić information content (AvgIpc) is 3.24. The van der Waals surface area contributed by atoms with Crippen LogP contribution in [0.5, 0.6) is 11.5 Å². The molecule has 0 N–H and O–H groups in total. The third-order valence-electron chi connectivity index (χ3n) is 11.5. The van der Waals surface area contributed by atoms with Crippen LogP contribution in [0, 0.1) is 6.92 Å². The second kappa shape index (κ2) is 13.8. The molecule has 0 radical (unpaired) electrons. The van der Waals surface area contributed by atoms with E-state index in [1.54, 1.807) is 0 Å². The van der Waals surface area contributed by atoms with E-state index in [1.165, 1.54) is 55.5 Å². The van der Waals surface area contributed by atoms with Crippen LogP contribution < -0.4 is 30.9 Å². The lowest BCUT2D eigenvalue weighted by Gasteiger charge is -2.42. The molecular weight excluding hydrogens is 691 g/mol. The van der Waals surface area contributed by atoms with Gasteiger partial charge >= 0.3 is 0 Å². The Labute approximate surface area is 336 Å². The summed E-state index contributed by atoms with van der Waals surface area (Å²) in [5, 5.41) is 0. The van der Waals surface area contributed by atoms with Crippen molar-refractivity contribution >= 4 is 57.2 Å². The molecule has 0 spiro atoms. The van der Waals surface area contributed by atoms with Gasteiger partial charge < -0.3 is 14.5 Å². The number of para-hydroxylation sites is 2. The smallest absolute Gasteiger partial charge is 0.258 e. The number of rotatable bonds is 6. The van der Waals surface area contributed by atoms with Crippen molar-refractivity contribution in [2.45, 2.75) is 33.1 Å². The summed E-state index contributed by atoms with van der Waals surface area (Å²) in [6, 6.07) is 68.1. The number of benzene rings is 8. The fraction of sp³-hybridized carbons (Fsp3) is 0.0943. The van der Waals surface area contributed by atoms with Crippen molar-refractivity contribution in [3.05, 3.63) is 199 Å². The van der Waals surface area contributed by atoms with Gasteiger partial charge in [0.15, 0.2) is 0 Å². The van der Waals surface area contributed by atoms with Crippen LogP contribution in [0.25, 0.3) is 22.3 Å². The van der Waals surface area contributed by atoms with Crippen molar-refractivity contribution in [3.63, 3.8) is 0 Å². The molecule has 0 amide bonds. The van der Waals surface area contributed by atoms with Crippen LogP contribution in [0.15, 0.2) is 188 Å². The highest BCUT2D eigenvalue weighted by Gasteiger charge is 2.45. The van der Waals surface area contributed by atoms with E-state index in [9.17, 15) is 0 Å². The standard InChI is InChI=1S/C53H43BN2O/c1-36-31-39(53(2,3)4)33-42(32-36)56-46-29-17-27-44(37-19-9-5-10-20-37)50(46)54-51-45(38-21-11-6-12-22-38)28-18-30-48(51)57-49-35-43(34-47(56)52(49)54)55(40-23-13-7-14-24-40)41-25-15-8-16-26-41/h5-35H,1-4H3. The molecule has 0 atom stereocenters. The van der Waals surface area contributed by atoms with Gasteiger partial charge in [0.25, 0.3) is 6.71 Å². The van der Waals surface area contributed by atoms with E-state index in [-0.39, 0.29) is 12.1 Å². The summed E-state index contributed by atoms with van der Waals surface area (Å²) in [5.74, 6) is 1.75. The first-order valence-corrected chi connectivity index (χ1v) is 19.9. The Morgan fingerprint density at radius 1 is 0.474 bits per heavy atom. The van der Waals surface area contributed by atoms with E-state index >= 15 is 0 Å². The van der Waals surface area contributed by atoms with Crippen LogP contribution in [0.4, 0.5) is 34.1 Å². The lowest BCUT2D eigenvalue weighted by molar-refractivity contribution is 0.488. The van der Waals surface area contributed by atoms with Gasteiger partial charge in [-0.05, 0) is 117 Å². The molecule has 0 aliphatic carbocycles. The van der Waals surface area contributed by atoms with Gasteiger partial charge in [-0.15, -0.1) is 0 Å². The summed E-state index contributed by atoms with van der Waals surface area (Å²) < 4.78 is 7.24. The minimum absolute atomic E-state index is 0.0425. The van der Waals surface area contributed by atoms with Gasteiger partial charge in [-0.2, -0.15) is 0 Å². The van der Waals surface area contributed by atoms with Gasteiger partial charge in [-0.3, -0.25) is 0 Å². The molecule has 8 aromatic rings. The van der Waals surface area contributed by atoms with Crippen molar-refractivity contribution in [3.8, 4) is 33.8 Å². The number of ether oxygens (including phenoxy) is 1. The van der Waals surface area contributed by atoms with Crippen LogP contribution >= 0.6 is 0 Å². The predicted octanol–water partition coefficient (Wildman–Crippen LogP) is 12.5. The molecule has 0 bridgehead atoms. The third kappa shape index (κ3) is 6.00. The van der Waals surface area contributed by atoms with Crippen molar-refractivity contribution in [2.75, 3.05) is 9.80 Å². The summed E-state index contributed by atoms with van der Waals surface area (Å²) in [5.41, 5.74) is 17.5. The number of hydrogen-bond acceptors (Lipinski definition) is 3. The largest absolute Gasteiger partial charge is 0.458 e. The Balaban J connectivity index is 1.34. The summed E-state index contributed by atoms with van der Waals surface area (Å²) in [6.07, 6.45) is 0. The van der Waals surface area contributed by atoms with Crippen LogP contribution in [-0.4, -0.2) is 6.71 Å². The van der Waals surface area contributed by atoms with Gasteiger partial charge in [0.1, 0.15) is 11.5 Å². The minimum Gasteiger partial charge on any atom is -0.458 e. The molecule has 0 saturated heterocycles. The fourth-order valence-electron chi connectivity index (χ4n) is 8.89. The van der Waals surface area contributed by atoms with E-state index in [1.807, 2.05) is 0 Å². The summed E-state index contributed by atoms with van der Waals surface area (Å²) in [6.45, 7) is 9.01. The minimum atomic E-state index is -0.111. The number of hydrogen-bond donors (Lipinski definition) is 0. The first kappa shape index (κ1) is 34.7. The Kier molecular flexibility index (Phi) is 8.37. The molecule has 8 aromatic carbocycles. The summed E-state index contributed by atoms with van der Waals surface area (Å²) in [4.78, 5) is 4.85. The van der Waals surface area contributed by atoms with E-state index in [0.29, 0.717) is 0 Å². The van der Waals surface area contributed by atoms with Crippen LogP contribution in [0.3, 0.4) is 0 Å². The Morgan fingerprint density at radius 3 is 1.63 bits per heavy atom. The highest BCUT2D eigenvalue weighted by molar-refractivity contribution is 7.01. The zero-order chi connectivity index (χ0) is 38.7. The van der Waals surface area contributed by atoms with Gasteiger partial charge in [-0.1, -0.05) is 148 Å². The quantitative estimate of drug-likeness (QED) is 0.158. The molecule has 0 fully saturated rings. The molecule has 0 unspecified atom stereocenters. The molecule has 4 heteroatoms. The molecule has 274 valence electrons. The zero-order valence-corrected chi connectivity index (χ0v) is 32.8. The highest BCUT2D eigenvalue weighted by Crippen LogP contribution is 2.47. The van der Waals surface area contributed by atoms with E-state index in [0.717, 1.165) is 39.9 Å². The molecular formula is C53H43BN2O. The molecule has 57 heavy (non-hydrogen) atoms. The lowest BCUT2D eigenvalue weighted by Crippen LogP contribution is -2.60. The first-order chi connectivity index (χ1) is 27.8. The van der Waals surface area contributed by atoms with E-state index in [2.05, 4.69) is 226 Å². The SMILES string of the molecule is Cc1cc(N2c3cc(N(c4ccccc4)c4ccccc4)cc4c3B(c3c(cccc3-c3ccccc3)O4)c3c(-c4ccccc4)cccc32)cc(C(C)(C)C)c1. The zero-order valence-electron chi connectivity index (χ0n) is 32.8. The van der Waals surface area contributed by atoms with Crippen molar-refractivity contribution in [1.29, 1.82) is 0 Å². The molecule has 2 aliphatic heterocycles. The number of nitrogens with zero attached hydrogens (tertiary/aromatic N) is 2. The van der Waals surface area contributed by atoms with Crippen molar-refractivity contribution in [2.24, 2.45) is 0 Å². The highest BCUT2D eigenvalue weighted by atomic mass is 16.5. The monoisotopic (exact) mass is 734 g/mol. The maximum atomic E-state index is 7.24. The van der Waals surface area contributed by atoms with Gasteiger partial charge in [-0.25, -0.2) is 0 Å². The molecule has 3 nitrogen and oxygen atoms in total. The molecule has 0 saturated carbocycles. The molecule has 2 heterocycles. The predicted molar refractivity (Wildman–Crippen MR) is 241 cm³/mol.